The zero-order valence-corrected chi connectivity index (χ0v) is 12.3. The van der Waals surface area contributed by atoms with E-state index in [1.807, 2.05) is 38.2 Å². The van der Waals surface area contributed by atoms with Gasteiger partial charge in [-0.15, -0.1) is 12.4 Å². The first-order chi connectivity index (χ1) is 8.67. The molecule has 5 heteroatoms. The summed E-state index contributed by atoms with van der Waals surface area (Å²) in [7, 11) is 1.97. The largest absolute Gasteiger partial charge is 0.325 e. The molecule has 1 aromatic rings. The van der Waals surface area contributed by atoms with Crippen LogP contribution < -0.4 is 10.6 Å². The maximum absolute atomic E-state index is 11.9. The lowest BCUT2D eigenvalue weighted by Gasteiger charge is -2.15. The fourth-order valence-corrected chi connectivity index (χ4v) is 2.34. The number of aryl methyl sites for hydroxylation is 1. The molecule has 19 heavy (non-hydrogen) atoms. The molecule has 0 radical (unpaired) electrons. The fourth-order valence-electron chi connectivity index (χ4n) is 2.34. The quantitative estimate of drug-likeness (QED) is 0.883. The SMILES string of the molecule is CNC1CCN(CC(=O)Nc2cccc(C)c2)C1.Cl. The number of hydrogen-bond acceptors (Lipinski definition) is 3. The van der Waals surface area contributed by atoms with E-state index >= 15 is 0 Å². The Morgan fingerprint density at radius 3 is 2.89 bits per heavy atom. The molecule has 2 rings (SSSR count). The fraction of sp³-hybridized carbons (Fsp3) is 0.500. The number of anilines is 1. The Balaban J connectivity index is 0.00000180. The molecule has 4 nitrogen and oxygen atoms in total. The van der Waals surface area contributed by atoms with Gasteiger partial charge < -0.3 is 10.6 Å². The second kappa shape index (κ2) is 7.48. The van der Waals surface area contributed by atoms with Crippen LogP contribution in [0.1, 0.15) is 12.0 Å². The number of nitrogens with one attached hydrogen (secondary N) is 2. The molecule has 1 aliphatic rings. The van der Waals surface area contributed by atoms with Gasteiger partial charge in [-0.25, -0.2) is 0 Å². The summed E-state index contributed by atoms with van der Waals surface area (Å²) in [5, 5.41) is 6.19. The minimum atomic E-state index is 0. The van der Waals surface area contributed by atoms with E-state index in [-0.39, 0.29) is 18.3 Å². The summed E-state index contributed by atoms with van der Waals surface area (Å²) < 4.78 is 0. The van der Waals surface area contributed by atoms with Crippen molar-refractivity contribution in [2.24, 2.45) is 0 Å². The first kappa shape index (κ1) is 16.0. The Labute approximate surface area is 121 Å². The summed E-state index contributed by atoms with van der Waals surface area (Å²) in [5.74, 6) is 0.0670. The number of carbonyl (C=O) groups excluding carboxylic acids is 1. The molecule has 2 N–H and O–H groups in total. The molecular formula is C14H22ClN3O. The van der Waals surface area contributed by atoms with Crippen molar-refractivity contribution < 1.29 is 4.79 Å². The lowest BCUT2D eigenvalue weighted by Crippen LogP contribution is -2.34. The van der Waals surface area contributed by atoms with Gasteiger partial charge in [0.15, 0.2) is 0 Å². The average molecular weight is 284 g/mol. The van der Waals surface area contributed by atoms with Crippen LogP contribution in [0.3, 0.4) is 0 Å². The van der Waals surface area contributed by atoms with Gasteiger partial charge >= 0.3 is 0 Å². The summed E-state index contributed by atoms with van der Waals surface area (Å²) in [6.45, 7) is 4.45. The Morgan fingerprint density at radius 1 is 1.47 bits per heavy atom. The van der Waals surface area contributed by atoms with Gasteiger partial charge in [0.05, 0.1) is 6.54 Å². The van der Waals surface area contributed by atoms with Crippen molar-refractivity contribution in [1.82, 2.24) is 10.2 Å². The summed E-state index contributed by atoms with van der Waals surface area (Å²) in [6, 6.07) is 8.41. The standard InChI is InChI=1S/C14H21N3O.ClH/c1-11-4-3-5-12(8-11)16-14(18)10-17-7-6-13(9-17)15-2;/h3-5,8,13,15H,6-7,9-10H2,1-2H3,(H,16,18);1H. The summed E-state index contributed by atoms with van der Waals surface area (Å²) in [5.41, 5.74) is 2.04. The van der Waals surface area contributed by atoms with Gasteiger partial charge in [0.2, 0.25) is 5.91 Å². The normalized spacial score (nSPS) is 18.9. The van der Waals surface area contributed by atoms with Gasteiger partial charge in [0.1, 0.15) is 0 Å². The molecule has 1 fully saturated rings. The number of nitrogens with zero attached hydrogens (tertiary/aromatic N) is 1. The molecule has 0 spiro atoms. The molecule has 0 aliphatic carbocycles. The lowest BCUT2D eigenvalue weighted by atomic mass is 10.2. The average Bonchev–Trinajstić information content (AvgIpc) is 2.76. The Morgan fingerprint density at radius 2 is 2.26 bits per heavy atom. The van der Waals surface area contributed by atoms with E-state index < -0.39 is 0 Å². The van der Waals surface area contributed by atoms with Crippen molar-refractivity contribution in [3.05, 3.63) is 29.8 Å². The summed E-state index contributed by atoms with van der Waals surface area (Å²) in [6.07, 6.45) is 1.12. The first-order valence-corrected chi connectivity index (χ1v) is 6.43. The van der Waals surface area contributed by atoms with E-state index in [0.717, 1.165) is 30.8 Å². The maximum atomic E-state index is 11.9. The molecule has 1 unspecified atom stereocenters. The minimum absolute atomic E-state index is 0. The van der Waals surface area contributed by atoms with Gasteiger partial charge in [-0.1, -0.05) is 12.1 Å². The third kappa shape index (κ3) is 4.82. The van der Waals surface area contributed by atoms with Crippen LogP contribution in [0.25, 0.3) is 0 Å². The van der Waals surface area contributed by atoms with Crippen molar-refractivity contribution >= 4 is 24.0 Å². The van der Waals surface area contributed by atoms with Crippen molar-refractivity contribution in [2.45, 2.75) is 19.4 Å². The second-order valence-electron chi connectivity index (χ2n) is 4.93. The number of carbonyl (C=O) groups is 1. The van der Waals surface area contributed by atoms with E-state index in [9.17, 15) is 4.79 Å². The lowest BCUT2D eigenvalue weighted by molar-refractivity contribution is -0.117. The van der Waals surface area contributed by atoms with Crippen LogP contribution in [0.5, 0.6) is 0 Å². The van der Waals surface area contributed by atoms with Crippen LogP contribution in [0.15, 0.2) is 24.3 Å². The Bertz CT molecular complexity index is 425. The Hall–Kier alpha value is -1.10. The second-order valence-corrected chi connectivity index (χ2v) is 4.93. The molecule has 0 saturated carbocycles. The number of benzene rings is 1. The topological polar surface area (TPSA) is 44.4 Å². The van der Waals surface area contributed by atoms with E-state index in [2.05, 4.69) is 15.5 Å². The third-order valence-electron chi connectivity index (χ3n) is 3.35. The number of rotatable bonds is 4. The van der Waals surface area contributed by atoms with Crippen molar-refractivity contribution in [3.8, 4) is 0 Å². The van der Waals surface area contributed by atoms with Crippen molar-refractivity contribution in [1.29, 1.82) is 0 Å². The van der Waals surface area contributed by atoms with Crippen LogP contribution in [-0.4, -0.2) is 43.5 Å². The minimum Gasteiger partial charge on any atom is -0.325 e. The Kier molecular flexibility index (Phi) is 6.28. The molecule has 106 valence electrons. The molecule has 1 aliphatic heterocycles. The van der Waals surface area contributed by atoms with Gasteiger partial charge in [-0.2, -0.15) is 0 Å². The predicted molar refractivity (Wildman–Crippen MR) is 81.0 cm³/mol. The zero-order valence-electron chi connectivity index (χ0n) is 11.5. The van der Waals surface area contributed by atoms with Crippen molar-refractivity contribution in [3.63, 3.8) is 0 Å². The first-order valence-electron chi connectivity index (χ1n) is 6.43. The van der Waals surface area contributed by atoms with Gasteiger partial charge in [0, 0.05) is 24.8 Å². The molecule has 1 aromatic carbocycles. The molecular weight excluding hydrogens is 262 g/mol. The number of likely N-dealkylation sites (N-methyl/N-ethyl adjacent to an activating group) is 1. The molecule has 1 atom stereocenters. The number of halogens is 1. The van der Waals surface area contributed by atoms with E-state index in [0.29, 0.717) is 12.6 Å². The smallest absolute Gasteiger partial charge is 0.238 e. The number of amides is 1. The summed E-state index contributed by atoms with van der Waals surface area (Å²) in [4.78, 5) is 14.1. The van der Waals surface area contributed by atoms with E-state index in [1.54, 1.807) is 0 Å². The van der Waals surface area contributed by atoms with E-state index in [1.165, 1.54) is 0 Å². The molecule has 0 bridgehead atoms. The maximum Gasteiger partial charge on any atom is 0.238 e. The van der Waals surface area contributed by atoms with E-state index in [4.69, 9.17) is 0 Å². The summed E-state index contributed by atoms with van der Waals surface area (Å²) >= 11 is 0. The molecule has 1 amide bonds. The van der Waals surface area contributed by atoms with Gasteiger partial charge in [-0.3, -0.25) is 9.69 Å². The van der Waals surface area contributed by atoms with Crippen LogP contribution in [-0.2, 0) is 4.79 Å². The van der Waals surface area contributed by atoms with Crippen LogP contribution >= 0.6 is 12.4 Å². The van der Waals surface area contributed by atoms with Crippen molar-refractivity contribution in [2.75, 3.05) is 32.0 Å². The highest BCUT2D eigenvalue weighted by molar-refractivity contribution is 5.92. The number of likely N-dealkylation sites (tertiary alicyclic amines) is 1. The highest BCUT2D eigenvalue weighted by atomic mass is 35.5. The van der Waals surface area contributed by atoms with Gasteiger partial charge in [0.25, 0.3) is 0 Å². The third-order valence-corrected chi connectivity index (χ3v) is 3.35. The molecule has 1 saturated heterocycles. The molecule has 0 aromatic heterocycles. The molecule has 1 heterocycles. The predicted octanol–water partition coefficient (Wildman–Crippen LogP) is 1.65. The highest BCUT2D eigenvalue weighted by Crippen LogP contribution is 2.11. The highest BCUT2D eigenvalue weighted by Gasteiger charge is 2.22. The van der Waals surface area contributed by atoms with Crippen LogP contribution in [0.4, 0.5) is 5.69 Å². The van der Waals surface area contributed by atoms with Crippen LogP contribution in [0, 0.1) is 6.92 Å². The number of hydrogen-bond donors (Lipinski definition) is 2. The van der Waals surface area contributed by atoms with Gasteiger partial charge in [-0.05, 0) is 38.1 Å². The van der Waals surface area contributed by atoms with Crippen LogP contribution in [0.2, 0.25) is 0 Å². The monoisotopic (exact) mass is 283 g/mol. The zero-order chi connectivity index (χ0) is 13.0.